The van der Waals surface area contributed by atoms with Crippen molar-refractivity contribution in [3.05, 3.63) is 98.9 Å². The summed E-state index contributed by atoms with van der Waals surface area (Å²) in [5, 5.41) is 8.69. The highest BCUT2D eigenvalue weighted by Gasteiger charge is 2.34. The molecule has 0 spiro atoms. The minimum atomic E-state index is -0.577. The van der Waals surface area contributed by atoms with Gasteiger partial charge in [0.25, 0.3) is 5.91 Å². The van der Waals surface area contributed by atoms with E-state index in [1.807, 2.05) is 36.4 Å². The summed E-state index contributed by atoms with van der Waals surface area (Å²) in [6, 6.07) is 17.0. The number of rotatable bonds is 3. The van der Waals surface area contributed by atoms with Gasteiger partial charge in [0.1, 0.15) is 11.6 Å². The maximum atomic E-state index is 13.9. The monoisotopic (exact) mass is 481 g/mol. The van der Waals surface area contributed by atoms with Gasteiger partial charge in [0.15, 0.2) is 0 Å². The highest BCUT2D eigenvalue weighted by molar-refractivity contribution is 9.10. The molecule has 0 saturated carbocycles. The average Bonchev–Trinajstić information content (AvgIpc) is 3.06. The fourth-order valence-corrected chi connectivity index (χ4v) is 4.44. The van der Waals surface area contributed by atoms with Crippen molar-refractivity contribution < 1.29 is 9.18 Å². The van der Waals surface area contributed by atoms with Gasteiger partial charge in [-0.05, 0) is 41.8 Å². The third-order valence-corrected chi connectivity index (χ3v) is 5.92. The minimum Gasteiger partial charge on any atom is -0.341 e. The summed E-state index contributed by atoms with van der Waals surface area (Å²) in [7, 11) is 0. The van der Waals surface area contributed by atoms with Gasteiger partial charge in [-0.15, -0.1) is 0 Å². The Balaban J connectivity index is 1.63. The van der Waals surface area contributed by atoms with Crippen LogP contribution in [0.3, 0.4) is 0 Å². The number of nitrogens with one attached hydrogen (secondary N) is 2. The molecule has 4 nitrogen and oxygen atoms in total. The molecule has 1 atom stereocenters. The maximum absolute atomic E-state index is 13.9. The Labute approximate surface area is 185 Å². The Morgan fingerprint density at radius 1 is 1.07 bits per heavy atom. The molecule has 0 aliphatic carbocycles. The smallest absolute Gasteiger partial charge is 0.252 e. The second kappa shape index (κ2) is 7.38. The summed E-state index contributed by atoms with van der Waals surface area (Å²) in [6.07, 6.45) is 1.79. The number of carbonyl (C=O) groups excluding carboxylic acids is 1. The number of amides is 1. The number of halogens is 3. The molecule has 3 aromatic carbocycles. The summed E-state index contributed by atoms with van der Waals surface area (Å²) in [6.45, 7) is 0. The number of hydrogen-bond donors (Lipinski definition) is 2. The third kappa shape index (κ3) is 3.32. The lowest BCUT2D eigenvalue weighted by atomic mass is 9.96. The lowest BCUT2D eigenvalue weighted by Crippen LogP contribution is -2.20. The molecule has 1 unspecified atom stereocenters. The van der Waals surface area contributed by atoms with Crippen LogP contribution in [0.4, 0.5) is 15.9 Å². The number of aromatic nitrogens is 1. The van der Waals surface area contributed by atoms with Crippen molar-refractivity contribution in [3.63, 3.8) is 0 Å². The lowest BCUT2D eigenvalue weighted by Gasteiger charge is -2.18. The number of benzene rings is 3. The van der Waals surface area contributed by atoms with E-state index < -0.39 is 11.9 Å². The standard InChI is InChI=1S/C23H14BrClFN3O/c24-14-8-17-21(22(29-23(17)30)16-10-15(26)5-6-18(16)25)19(9-14)28-20-7-12-3-1-2-4-13(12)11-27-20/h1-11,22H,(H,27,28)(H,29,30). The van der Waals surface area contributed by atoms with Gasteiger partial charge >= 0.3 is 0 Å². The number of pyridine rings is 1. The van der Waals surface area contributed by atoms with Crippen molar-refractivity contribution in [2.24, 2.45) is 0 Å². The number of fused-ring (bicyclic) bond motifs is 2. The molecule has 7 heteroatoms. The van der Waals surface area contributed by atoms with Crippen LogP contribution in [0.15, 0.2) is 71.3 Å². The summed E-state index contributed by atoms with van der Waals surface area (Å²) >= 11 is 9.81. The summed E-state index contributed by atoms with van der Waals surface area (Å²) in [5.74, 6) is -0.0245. The molecular formula is C23H14BrClFN3O. The number of anilines is 2. The summed E-state index contributed by atoms with van der Waals surface area (Å²) < 4.78 is 14.7. The topological polar surface area (TPSA) is 54.0 Å². The Hall–Kier alpha value is -2.96. The van der Waals surface area contributed by atoms with Crippen LogP contribution in [0.2, 0.25) is 5.02 Å². The molecular weight excluding hydrogens is 469 g/mol. The number of nitrogens with zero attached hydrogens (tertiary/aromatic N) is 1. The zero-order chi connectivity index (χ0) is 20.8. The number of carbonyl (C=O) groups is 1. The highest BCUT2D eigenvalue weighted by Crippen LogP contribution is 2.41. The highest BCUT2D eigenvalue weighted by atomic mass is 79.9. The molecule has 1 aliphatic rings. The quantitative estimate of drug-likeness (QED) is 0.357. The normalized spacial score (nSPS) is 15.2. The fraction of sp³-hybridized carbons (Fsp3) is 0.0435. The van der Waals surface area contributed by atoms with Crippen LogP contribution >= 0.6 is 27.5 Å². The molecule has 2 heterocycles. The zero-order valence-electron chi connectivity index (χ0n) is 15.4. The van der Waals surface area contributed by atoms with Crippen LogP contribution in [0.25, 0.3) is 10.8 Å². The molecule has 5 rings (SSSR count). The SMILES string of the molecule is O=C1NC(c2cc(F)ccc2Cl)c2c(Nc3cc4ccccc4cn3)cc(Br)cc21. The van der Waals surface area contributed by atoms with Crippen LogP contribution in [0, 0.1) is 5.82 Å². The second-order valence-corrected chi connectivity index (χ2v) is 8.35. The van der Waals surface area contributed by atoms with E-state index in [0.717, 1.165) is 15.2 Å². The van der Waals surface area contributed by atoms with Crippen LogP contribution in [0.1, 0.15) is 27.5 Å². The fourth-order valence-electron chi connectivity index (χ4n) is 3.76. The van der Waals surface area contributed by atoms with Crippen molar-refractivity contribution in [3.8, 4) is 0 Å². The molecule has 30 heavy (non-hydrogen) atoms. The Bertz CT molecular complexity index is 1330. The third-order valence-electron chi connectivity index (χ3n) is 5.12. The van der Waals surface area contributed by atoms with Crippen molar-refractivity contribution in [2.75, 3.05) is 5.32 Å². The van der Waals surface area contributed by atoms with Gasteiger partial charge in [0.05, 0.1) is 6.04 Å². The van der Waals surface area contributed by atoms with E-state index in [4.69, 9.17) is 11.6 Å². The molecule has 1 aromatic heterocycles. The predicted octanol–water partition coefficient (Wildman–Crippen LogP) is 6.37. The van der Waals surface area contributed by atoms with Gasteiger partial charge in [0.2, 0.25) is 0 Å². The Kier molecular flexibility index (Phi) is 4.68. The van der Waals surface area contributed by atoms with E-state index >= 15 is 0 Å². The first-order chi connectivity index (χ1) is 14.5. The summed E-state index contributed by atoms with van der Waals surface area (Å²) in [4.78, 5) is 17.2. The van der Waals surface area contributed by atoms with E-state index in [0.29, 0.717) is 33.2 Å². The van der Waals surface area contributed by atoms with Gasteiger partial charge in [-0.2, -0.15) is 0 Å². The molecule has 0 bridgehead atoms. The van der Waals surface area contributed by atoms with Crippen molar-refractivity contribution >= 4 is 55.7 Å². The number of hydrogen-bond acceptors (Lipinski definition) is 3. The maximum Gasteiger partial charge on any atom is 0.252 e. The molecule has 148 valence electrons. The van der Waals surface area contributed by atoms with Crippen LogP contribution in [-0.2, 0) is 0 Å². The first kappa shape index (κ1) is 19.0. The van der Waals surface area contributed by atoms with E-state index in [-0.39, 0.29) is 5.91 Å². The van der Waals surface area contributed by atoms with Crippen LogP contribution in [0.5, 0.6) is 0 Å². The van der Waals surface area contributed by atoms with E-state index in [1.165, 1.54) is 18.2 Å². The molecule has 0 radical (unpaired) electrons. The van der Waals surface area contributed by atoms with Gasteiger partial charge in [-0.1, -0.05) is 51.8 Å². The lowest BCUT2D eigenvalue weighted by molar-refractivity contribution is 0.0960. The largest absolute Gasteiger partial charge is 0.341 e. The molecule has 0 saturated heterocycles. The van der Waals surface area contributed by atoms with Gasteiger partial charge < -0.3 is 10.6 Å². The Morgan fingerprint density at radius 2 is 1.87 bits per heavy atom. The van der Waals surface area contributed by atoms with Crippen molar-refractivity contribution in [1.82, 2.24) is 10.3 Å². The first-order valence-corrected chi connectivity index (χ1v) is 10.4. The zero-order valence-corrected chi connectivity index (χ0v) is 17.8. The summed E-state index contributed by atoms with van der Waals surface area (Å²) in [5.41, 5.74) is 2.38. The van der Waals surface area contributed by atoms with Gasteiger partial charge in [-0.25, -0.2) is 9.37 Å². The average molecular weight is 483 g/mol. The molecule has 1 amide bonds. The van der Waals surface area contributed by atoms with Crippen LogP contribution in [-0.4, -0.2) is 10.9 Å². The van der Waals surface area contributed by atoms with Gasteiger partial charge in [0, 0.05) is 43.5 Å². The molecule has 2 N–H and O–H groups in total. The Morgan fingerprint density at radius 3 is 2.70 bits per heavy atom. The molecule has 0 fully saturated rings. The van der Waals surface area contributed by atoms with Crippen molar-refractivity contribution in [2.45, 2.75) is 6.04 Å². The van der Waals surface area contributed by atoms with Crippen molar-refractivity contribution in [1.29, 1.82) is 0 Å². The van der Waals surface area contributed by atoms with Gasteiger partial charge in [-0.3, -0.25) is 4.79 Å². The predicted molar refractivity (Wildman–Crippen MR) is 120 cm³/mol. The second-order valence-electron chi connectivity index (χ2n) is 7.03. The van der Waals surface area contributed by atoms with E-state index in [1.54, 1.807) is 12.3 Å². The van der Waals surface area contributed by atoms with E-state index in [9.17, 15) is 9.18 Å². The molecule has 1 aliphatic heterocycles. The van der Waals surface area contributed by atoms with E-state index in [2.05, 4.69) is 31.5 Å². The van der Waals surface area contributed by atoms with Crippen LogP contribution < -0.4 is 10.6 Å². The minimum absolute atomic E-state index is 0.244. The first-order valence-electron chi connectivity index (χ1n) is 9.21. The molecule has 4 aromatic rings.